The number of benzene rings is 1. The van der Waals surface area contributed by atoms with E-state index in [2.05, 4.69) is 0 Å². The number of hydrogen-bond acceptors (Lipinski definition) is 5. The van der Waals surface area contributed by atoms with Crippen LogP contribution >= 0.6 is 0 Å². The third-order valence-corrected chi connectivity index (χ3v) is 5.55. The van der Waals surface area contributed by atoms with Gasteiger partial charge in [0.2, 0.25) is 0 Å². The number of carbonyl (C=O) groups is 1. The molecule has 1 aliphatic rings. The van der Waals surface area contributed by atoms with E-state index in [4.69, 9.17) is 4.42 Å². The second-order valence-electron chi connectivity index (χ2n) is 5.33. The second-order valence-corrected chi connectivity index (χ2v) is 7.16. The van der Waals surface area contributed by atoms with Gasteiger partial charge in [0.1, 0.15) is 10.7 Å². The van der Waals surface area contributed by atoms with Gasteiger partial charge in [0, 0.05) is 0 Å². The highest BCUT2D eigenvalue weighted by atomic mass is 32.2. The first-order valence-electron chi connectivity index (χ1n) is 6.79. The molecule has 2 heterocycles. The van der Waals surface area contributed by atoms with E-state index in [9.17, 15) is 13.2 Å². The van der Waals surface area contributed by atoms with E-state index in [1.807, 2.05) is 19.0 Å². The average molecular weight is 320 g/mol. The van der Waals surface area contributed by atoms with Crippen LogP contribution in [-0.4, -0.2) is 44.2 Å². The van der Waals surface area contributed by atoms with E-state index in [-0.39, 0.29) is 23.0 Å². The van der Waals surface area contributed by atoms with Crippen molar-refractivity contribution in [2.75, 3.05) is 20.6 Å². The average Bonchev–Trinajstić information content (AvgIpc) is 3.06. The summed E-state index contributed by atoms with van der Waals surface area (Å²) in [6, 6.07) is 9.43. The van der Waals surface area contributed by atoms with E-state index < -0.39 is 15.9 Å². The number of furan rings is 1. The smallest absolute Gasteiger partial charge is 0.269 e. The van der Waals surface area contributed by atoms with Gasteiger partial charge in [-0.2, -0.15) is 0 Å². The predicted molar refractivity (Wildman–Crippen MR) is 79.8 cm³/mol. The first kappa shape index (κ1) is 14.8. The molecule has 0 spiro atoms. The monoisotopic (exact) mass is 320 g/mol. The zero-order valence-electron chi connectivity index (χ0n) is 12.3. The zero-order chi connectivity index (χ0) is 15.9. The lowest BCUT2D eigenvalue weighted by molar-refractivity contribution is 0.0839. The Hall–Kier alpha value is -2.12. The number of amides is 1. The molecular weight excluding hydrogens is 304 g/mol. The molecule has 1 aliphatic heterocycles. The molecule has 0 fully saturated rings. The number of rotatable bonds is 4. The Morgan fingerprint density at radius 1 is 1.18 bits per heavy atom. The summed E-state index contributed by atoms with van der Waals surface area (Å²) in [5, 5.41) is 0. The van der Waals surface area contributed by atoms with E-state index in [1.54, 1.807) is 24.3 Å². The minimum atomic E-state index is -3.80. The molecule has 0 bridgehead atoms. The second kappa shape index (κ2) is 5.26. The summed E-state index contributed by atoms with van der Waals surface area (Å²) in [4.78, 5) is 14.3. The van der Waals surface area contributed by atoms with Gasteiger partial charge < -0.3 is 4.42 Å². The molecule has 116 valence electrons. The molecule has 7 heteroatoms. The number of fused-ring (bicyclic) bond motifs is 1. The quantitative estimate of drug-likeness (QED) is 0.858. The molecule has 0 unspecified atom stereocenters. The summed E-state index contributed by atoms with van der Waals surface area (Å²) < 4.78 is 31.5. The van der Waals surface area contributed by atoms with Crippen molar-refractivity contribution in [2.24, 2.45) is 0 Å². The lowest BCUT2D eigenvalue weighted by atomic mass is 10.2. The lowest BCUT2D eigenvalue weighted by Gasteiger charge is -2.26. The number of sulfonamides is 1. The van der Waals surface area contributed by atoms with E-state index >= 15 is 0 Å². The summed E-state index contributed by atoms with van der Waals surface area (Å²) in [5.74, 6) is 0.123. The van der Waals surface area contributed by atoms with Crippen molar-refractivity contribution in [2.45, 2.75) is 10.9 Å². The number of hydrogen-bond donors (Lipinski definition) is 0. The Balaban J connectivity index is 1.98. The van der Waals surface area contributed by atoms with Crippen molar-refractivity contribution in [1.29, 1.82) is 0 Å². The third kappa shape index (κ3) is 2.22. The van der Waals surface area contributed by atoms with Crippen molar-refractivity contribution < 1.29 is 17.6 Å². The molecule has 1 aromatic heterocycles. The van der Waals surface area contributed by atoms with Gasteiger partial charge in [0.15, 0.2) is 0 Å². The van der Waals surface area contributed by atoms with Crippen LogP contribution in [0.25, 0.3) is 0 Å². The highest BCUT2D eigenvalue weighted by molar-refractivity contribution is 7.90. The van der Waals surface area contributed by atoms with Crippen LogP contribution in [-0.2, 0) is 10.0 Å². The first-order valence-corrected chi connectivity index (χ1v) is 8.23. The van der Waals surface area contributed by atoms with Gasteiger partial charge in [-0.15, -0.1) is 0 Å². The van der Waals surface area contributed by atoms with Crippen LogP contribution in [0.1, 0.15) is 22.2 Å². The van der Waals surface area contributed by atoms with Crippen LogP contribution in [0.4, 0.5) is 0 Å². The number of nitrogens with zero attached hydrogens (tertiary/aromatic N) is 2. The molecule has 1 aromatic carbocycles. The molecule has 0 aliphatic carbocycles. The Kier molecular flexibility index (Phi) is 3.54. The third-order valence-electron chi connectivity index (χ3n) is 3.75. The number of carbonyl (C=O) groups excluding carboxylic acids is 1. The van der Waals surface area contributed by atoms with Gasteiger partial charge in [-0.25, -0.2) is 12.7 Å². The molecule has 6 nitrogen and oxygen atoms in total. The Labute approximate surface area is 129 Å². The maximum absolute atomic E-state index is 12.6. The van der Waals surface area contributed by atoms with Gasteiger partial charge in [0.25, 0.3) is 15.9 Å². The van der Waals surface area contributed by atoms with Crippen molar-refractivity contribution in [3.63, 3.8) is 0 Å². The summed E-state index contributed by atoms with van der Waals surface area (Å²) in [6.45, 7) is 0.0103. The molecule has 1 atom stereocenters. The summed E-state index contributed by atoms with van der Waals surface area (Å²) >= 11 is 0. The Morgan fingerprint density at radius 3 is 2.50 bits per heavy atom. The van der Waals surface area contributed by atoms with E-state index in [1.165, 1.54) is 18.4 Å². The molecule has 2 aromatic rings. The van der Waals surface area contributed by atoms with Crippen LogP contribution in [0.2, 0.25) is 0 Å². The zero-order valence-corrected chi connectivity index (χ0v) is 13.1. The highest BCUT2D eigenvalue weighted by Gasteiger charge is 2.42. The SMILES string of the molecule is CN(C)[C@H](CN1C(=O)c2ccccc2S1(=O)=O)c1ccco1. The van der Waals surface area contributed by atoms with E-state index in [0.717, 1.165) is 4.31 Å². The fraction of sp³-hybridized carbons (Fsp3) is 0.267. The highest BCUT2D eigenvalue weighted by Crippen LogP contribution is 2.32. The molecule has 22 heavy (non-hydrogen) atoms. The van der Waals surface area contributed by atoms with Gasteiger partial charge >= 0.3 is 0 Å². The van der Waals surface area contributed by atoms with Crippen molar-refractivity contribution >= 4 is 15.9 Å². The molecule has 3 rings (SSSR count). The van der Waals surface area contributed by atoms with Crippen molar-refractivity contribution in [3.05, 3.63) is 54.0 Å². The van der Waals surface area contributed by atoms with Gasteiger partial charge in [-0.05, 0) is 38.4 Å². The van der Waals surface area contributed by atoms with Crippen LogP contribution in [0.5, 0.6) is 0 Å². The normalized spacial score (nSPS) is 17.8. The standard InChI is InChI=1S/C15H16N2O4S/c1-16(2)12(13-7-5-9-21-13)10-17-15(18)11-6-3-4-8-14(11)22(17,19)20/h3-9,12H,10H2,1-2H3/t12-/m1/s1. The molecule has 1 amide bonds. The maximum atomic E-state index is 12.6. The topological polar surface area (TPSA) is 70.8 Å². The fourth-order valence-corrected chi connectivity index (χ4v) is 4.13. The predicted octanol–water partition coefficient (Wildman–Crippen LogP) is 1.73. The summed E-state index contributed by atoms with van der Waals surface area (Å²) in [7, 11) is -0.174. The van der Waals surface area contributed by atoms with Crippen LogP contribution in [0.3, 0.4) is 0 Å². The van der Waals surface area contributed by atoms with Gasteiger partial charge in [-0.3, -0.25) is 9.69 Å². The molecule has 0 radical (unpaired) electrons. The van der Waals surface area contributed by atoms with Gasteiger partial charge in [-0.1, -0.05) is 12.1 Å². The van der Waals surface area contributed by atoms with Crippen molar-refractivity contribution in [3.8, 4) is 0 Å². The fourth-order valence-electron chi connectivity index (χ4n) is 2.56. The minimum Gasteiger partial charge on any atom is -0.468 e. The van der Waals surface area contributed by atoms with Crippen LogP contribution in [0.15, 0.2) is 52.0 Å². The molecule has 0 saturated carbocycles. The molecule has 0 N–H and O–H groups in total. The maximum Gasteiger partial charge on any atom is 0.269 e. The van der Waals surface area contributed by atoms with E-state index in [0.29, 0.717) is 5.76 Å². The number of likely N-dealkylation sites (N-methyl/N-ethyl adjacent to an activating group) is 1. The van der Waals surface area contributed by atoms with Gasteiger partial charge in [0.05, 0.1) is 24.4 Å². The minimum absolute atomic E-state index is 0.0103. The van der Waals surface area contributed by atoms with Crippen LogP contribution < -0.4 is 0 Å². The largest absolute Gasteiger partial charge is 0.468 e. The Bertz CT molecular complexity index is 797. The van der Waals surface area contributed by atoms with Crippen LogP contribution in [0, 0.1) is 0 Å². The first-order chi connectivity index (χ1) is 10.4. The molecular formula is C15H16N2O4S. The van der Waals surface area contributed by atoms with Crippen molar-refractivity contribution in [1.82, 2.24) is 9.21 Å². The lowest BCUT2D eigenvalue weighted by Crippen LogP contribution is -2.38. The Morgan fingerprint density at radius 2 is 1.91 bits per heavy atom. The summed E-state index contributed by atoms with van der Waals surface area (Å²) in [5.41, 5.74) is 0.222. The summed E-state index contributed by atoms with van der Waals surface area (Å²) in [6.07, 6.45) is 1.53. The molecule has 0 saturated heterocycles.